The molecule has 1 amide bonds. The number of amides is 1. The SMILES string of the molecule is O=C(CSc1nnc(-c2ccccc2)n1-c1ccccc1)N(Cc1ccco1)Cc1cccs1. The first kappa shape index (κ1) is 22.2. The second-order valence-electron chi connectivity index (χ2n) is 7.54. The third-order valence-corrected chi connectivity index (χ3v) is 6.99. The molecule has 34 heavy (non-hydrogen) atoms. The minimum absolute atomic E-state index is 0.0127. The van der Waals surface area contributed by atoms with E-state index in [1.807, 2.05) is 99.8 Å². The van der Waals surface area contributed by atoms with Crippen LogP contribution in [0.4, 0.5) is 0 Å². The molecule has 0 bridgehead atoms. The van der Waals surface area contributed by atoms with Gasteiger partial charge in [0.1, 0.15) is 5.76 Å². The van der Waals surface area contributed by atoms with E-state index in [1.165, 1.54) is 11.8 Å². The van der Waals surface area contributed by atoms with E-state index < -0.39 is 0 Å². The van der Waals surface area contributed by atoms with Crippen molar-refractivity contribution in [2.24, 2.45) is 0 Å². The molecule has 0 fully saturated rings. The fourth-order valence-corrected chi connectivity index (χ4v) is 5.15. The third-order valence-electron chi connectivity index (χ3n) is 5.21. The number of thioether (sulfide) groups is 1. The zero-order chi connectivity index (χ0) is 23.2. The summed E-state index contributed by atoms with van der Waals surface area (Å²) in [5.74, 6) is 1.76. The van der Waals surface area contributed by atoms with E-state index >= 15 is 0 Å². The van der Waals surface area contributed by atoms with Crippen molar-refractivity contribution in [2.45, 2.75) is 18.2 Å². The molecule has 5 aromatic rings. The number of furan rings is 1. The summed E-state index contributed by atoms with van der Waals surface area (Å²) >= 11 is 3.03. The standard InChI is InChI=1S/C26H22N4O2S2/c31-24(29(17-22-13-7-15-32-22)18-23-14-8-16-33-23)19-34-26-28-27-25(20-9-3-1-4-10-20)30(26)21-11-5-2-6-12-21/h1-16H,17-19H2. The lowest BCUT2D eigenvalue weighted by atomic mass is 10.2. The number of rotatable bonds is 9. The van der Waals surface area contributed by atoms with Crippen LogP contribution in [-0.4, -0.2) is 31.3 Å². The molecule has 0 atom stereocenters. The maximum atomic E-state index is 13.3. The topological polar surface area (TPSA) is 64.2 Å². The van der Waals surface area contributed by atoms with Crippen molar-refractivity contribution in [1.82, 2.24) is 19.7 Å². The number of hydrogen-bond donors (Lipinski definition) is 0. The molecule has 0 saturated heterocycles. The fraction of sp³-hybridized carbons (Fsp3) is 0.115. The van der Waals surface area contributed by atoms with Crippen LogP contribution < -0.4 is 0 Å². The number of nitrogens with zero attached hydrogens (tertiary/aromatic N) is 4. The normalized spacial score (nSPS) is 10.9. The lowest BCUT2D eigenvalue weighted by Crippen LogP contribution is -2.31. The quantitative estimate of drug-likeness (QED) is 0.242. The highest BCUT2D eigenvalue weighted by molar-refractivity contribution is 7.99. The number of aromatic nitrogens is 3. The van der Waals surface area contributed by atoms with Crippen LogP contribution >= 0.6 is 23.1 Å². The van der Waals surface area contributed by atoms with Gasteiger partial charge in [-0.1, -0.05) is 66.4 Å². The number of para-hydroxylation sites is 1. The largest absolute Gasteiger partial charge is 0.467 e. The maximum absolute atomic E-state index is 13.3. The number of carbonyl (C=O) groups is 1. The summed E-state index contributed by atoms with van der Waals surface area (Å²) < 4.78 is 7.51. The van der Waals surface area contributed by atoms with Crippen molar-refractivity contribution < 1.29 is 9.21 Å². The Labute approximate surface area is 205 Å². The summed E-state index contributed by atoms with van der Waals surface area (Å²) in [7, 11) is 0. The van der Waals surface area contributed by atoms with E-state index in [4.69, 9.17) is 4.42 Å². The highest BCUT2D eigenvalue weighted by Gasteiger charge is 2.21. The zero-order valence-electron chi connectivity index (χ0n) is 18.3. The van der Waals surface area contributed by atoms with Gasteiger partial charge in [0.05, 0.1) is 25.1 Å². The molecular formula is C26H22N4O2S2. The number of thiophene rings is 1. The third kappa shape index (κ3) is 5.13. The number of benzene rings is 2. The molecule has 0 N–H and O–H groups in total. The molecule has 3 aromatic heterocycles. The van der Waals surface area contributed by atoms with Crippen molar-refractivity contribution >= 4 is 29.0 Å². The molecule has 0 aliphatic rings. The molecule has 0 aliphatic carbocycles. The Morgan fingerprint density at radius 2 is 1.71 bits per heavy atom. The molecule has 0 aliphatic heterocycles. The van der Waals surface area contributed by atoms with Gasteiger partial charge in [-0.15, -0.1) is 21.5 Å². The highest BCUT2D eigenvalue weighted by Crippen LogP contribution is 2.28. The van der Waals surface area contributed by atoms with Crippen molar-refractivity contribution in [3.05, 3.63) is 107 Å². The predicted molar refractivity (Wildman–Crippen MR) is 135 cm³/mol. The molecule has 6 nitrogen and oxygen atoms in total. The molecule has 0 unspecified atom stereocenters. The van der Waals surface area contributed by atoms with Gasteiger partial charge in [-0.2, -0.15) is 0 Å². The molecule has 0 radical (unpaired) electrons. The lowest BCUT2D eigenvalue weighted by Gasteiger charge is -2.21. The smallest absolute Gasteiger partial charge is 0.233 e. The Kier molecular flexibility index (Phi) is 6.88. The van der Waals surface area contributed by atoms with Crippen molar-refractivity contribution in [3.8, 4) is 17.1 Å². The molecule has 0 spiro atoms. The minimum atomic E-state index is 0.0127. The van der Waals surface area contributed by atoms with E-state index in [2.05, 4.69) is 10.2 Å². The van der Waals surface area contributed by atoms with Gasteiger partial charge in [-0.25, -0.2) is 0 Å². The van der Waals surface area contributed by atoms with E-state index in [9.17, 15) is 4.79 Å². The Hall–Kier alpha value is -3.62. The van der Waals surface area contributed by atoms with Gasteiger partial charge < -0.3 is 9.32 Å². The first-order chi connectivity index (χ1) is 16.8. The first-order valence-corrected chi connectivity index (χ1v) is 12.7. The first-order valence-electron chi connectivity index (χ1n) is 10.8. The zero-order valence-corrected chi connectivity index (χ0v) is 19.9. The molecule has 8 heteroatoms. The number of hydrogen-bond acceptors (Lipinski definition) is 6. The fourth-order valence-electron chi connectivity index (χ4n) is 3.58. The summed E-state index contributed by atoms with van der Waals surface area (Å²) in [6.07, 6.45) is 1.63. The van der Waals surface area contributed by atoms with Crippen LogP contribution in [0.1, 0.15) is 10.6 Å². The van der Waals surface area contributed by atoms with Gasteiger partial charge in [-0.3, -0.25) is 9.36 Å². The van der Waals surface area contributed by atoms with Crippen LogP contribution in [0.3, 0.4) is 0 Å². The summed E-state index contributed by atoms with van der Waals surface area (Å²) in [5, 5.41) is 11.6. The predicted octanol–water partition coefficient (Wildman–Crippen LogP) is 5.91. The van der Waals surface area contributed by atoms with E-state index in [-0.39, 0.29) is 11.7 Å². The van der Waals surface area contributed by atoms with Gasteiger partial charge in [0.25, 0.3) is 0 Å². The van der Waals surface area contributed by atoms with Crippen LogP contribution in [-0.2, 0) is 17.9 Å². The van der Waals surface area contributed by atoms with Crippen molar-refractivity contribution in [3.63, 3.8) is 0 Å². The van der Waals surface area contributed by atoms with E-state index in [0.717, 1.165) is 27.7 Å². The van der Waals surface area contributed by atoms with E-state index in [0.29, 0.717) is 18.2 Å². The van der Waals surface area contributed by atoms with Crippen molar-refractivity contribution in [2.75, 3.05) is 5.75 Å². The Balaban J connectivity index is 1.39. The molecule has 170 valence electrons. The Morgan fingerprint density at radius 1 is 0.912 bits per heavy atom. The van der Waals surface area contributed by atoms with Crippen molar-refractivity contribution in [1.29, 1.82) is 0 Å². The van der Waals surface area contributed by atoms with Crippen LogP contribution in [0.2, 0.25) is 0 Å². The molecule has 0 saturated carbocycles. The second kappa shape index (κ2) is 10.5. The Morgan fingerprint density at radius 3 is 2.41 bits per heavy atom. The maximum Gasteiger partial charge on any atom is 0.233 e. The lowest BCUT2D eigenvalue weighted by molar-refractivity contribution is -0.129. The van der Waals surface area contributed by atoms with Gasteiger partial charge >= 0.3 is 0 Å². The molecular weight excluding hydrogens is 464 g/mol. The Bertz CT molecular complexity index is 1280. The van der Waals surface area contributed by atoms with Crippen LogP contribution in [0.5, 0.6) is 0 Å². The highest BCUT2D eigenvalue weighted by atomic mass is 32.2. The minimum Gasteiger partial charge on any atom is -0.467 e. The molecule has 2 aromatic carbocycles. The second-order valence-corrected chi connectivity index (χ2v) is 9.52. The van der Waals surface area contributed by atoms with Crippen LogP contribution in [0.25, 0.3) is 17.1 Å². The summed E-state index contributed by atoms with van der Waals surface area (Å²) in [6.45, 7) is 0.962. The number of carbonyl (C=O) groups excluding carboxylic acids is 1. The van der Waals surface area contributed by atoms with Crippen LogP contribution in [0.15, 0.2) is 106 Å². The average Bonchev–Trinajstić information content (AvgIpc) is 3.66. The van der Waals surface area contributed by atoms with E-state index in [1.54, 1.807) is 17.6 Å². The van der Waals surface area contributed by atoms with Gasteiger partial charge in [0, 0.05) is 16.1 Å². The summed E-state index contributed by atoms with van der Waals surface area (Å²) in [4.78, 5) is 16.3. The summed E-state index contributed by atoms with van der Waals surface area (Å²) in [5.41, 5.74) is 1.92. The molecule has 5 rings (SSSR count). The monoisotopic (exact) mass is 486 g/mol. The van der Waals surface area contributed by atoms with Gasteiger partial charge in [-0.05, 0) is 35.7 Å². The van der Waals surface area contributed by atoms with Gasteiger partial charge in [0.15, 0.2) is 11.0 Å². The van der Waals surface area contributed by atoms with Crippen LogP contribution in [0, 0.1) is 0 Å². The van der Waals surface area contributed by atoms with Gasteiger partial charge in [0.2, 0.25) is 5.91 Å². The average molecular weight is 487 g/mol. The summed E-state index contributed by atoms with van der Waals surface area (Å²) in [6, 6.07) is 27.7. The molecule has 3 heterocycles.